The third-order valence-electron chi connectivity index (χ3n) is 5.20. The second-order valence-corrected chi connectivity index (χ2v) is 11.4. The van der Waals surface area contributed by atoms with E-state index in [0.717, 1.165) is 31.4 Å². The maximum Gasteiger partial charge on any atom is 0.410 e. The van der Waals surface area contributed by atoms with Gasteiger partial charge in [0.2, 0.25) is 0 Å². The van der Waals surface area contributed by atoms with Crippen molar-refractivity contribution in [3.05, 3.63) is 0 Å². The first-order chi connectivity index (χ1) is 11.9. The van der Waals surface area contributed by atoms with Crippen molar-refractivity contribution in [2.75, 3.05) is 19.7 Å². The van der Waals surface area contributed by atoms with E-state index < -0.39 is 21.7 Å². The van der Waals surface area contributed by atoms with Crippen LogP contribution in [0.3, 0.4) is 0 Å². The average molecular weight is 387 g/mol. The van der Waals surface area contributed by atoms with Crippen LogP contribution in [0.5, 0.6) is 0 Å². The number of aliphatic hydroxyl groups is 1. The van der Waals surface area contributed by atoms with Crippen LogP contribution in [0.1, 0.15) is 67.2 Å². The van der Waals surface area contributed by atoms with Crippen LogP contribution in [0.25, 0.3) is 0 Å². The van der Waals surface area contributed by atoms with Crippen LogP contribution >= 0.6 is 0 Å². The van der Waals surface area contributed by atoms with Crippen LogP contribution < -0.4 is 0 Å². The van der Waals surface area contributed by atoms with Gasteiger partial charge in [0.15, 0.2) is 0 Å². The molecular formula is C19H34N2O4S. The molecule has 1 saturated carbocycles. The van der Waals surface area contributed by atoms with Gasteiger partial charge < -0.3 is 19.3 Å². The first kappa shape index (κ1) is 21.5. The highest BCUT2D eigenvalue weighted by Gasteiger charge is 2.49. The van der Waals surface area contributed by atoms with Gasteiger partial charge in [0, 0.05) is 24.4 Å². The zero-order valence-electron chi connectivity index (χ0n) is 17.0. The minimum Gasteiger partial charge on any atom is -0.591 e. The predicted molar refractivity (Wildman–Crippen MR) is 105 cm³/mol. The van der Waals surface area contributed by atoms with Gasteiger partial charge in [-0.3, -0.25) is 0 Å². The smallest absolute Gasteiger partial charge is 0.410 e. The Morgan fingerprint density at radius 3 is 2.31 bits per heavy atom. The first-order valence-corrected chi connectivity index (χ1v) is 10.6. The fourth-order valence-corrected chi connectivity index (χ4v) is 4.47. The van der Waals surface area contributed by atoms with Gasteiger partial charge in [-0.1, -0.05) is 4.40 Å². The molecule has 1 N–H and O–H groups in total. The van der Waals surface area contributed by atoms with E-state index in [2.05, 4.69) is 4.40 Å². The minimum absolute atomic E-state index is 0.0191. The lowest BCUT2D eigenvalue weighted by atomic mass is 9.75. The Morgan fingerprint density at radius 2 is 1.85 bits per heavy atom. The van der Waals surface area contributed by atoms with E-state index in [1.54, 1.807) is 4.90 Å². The first-order valence-electron chi connectivity index (χ1n) is 9.48. The normalized spacial score (nSPS) is 26.4. The summed E-state index contributed by atoms with van der Waals surface area (Å²) in [5.41, 5.74) is 0.252. The lowest BCUT2D eigenvalue weighted by Gasteiger charge is -2.40. The van der Waals surface area contributed by atoms with E-state index in [1.165, 1.54) is 0 Å². The third-order valence-corrected chi connectivity index (χ3v) is 6.61. The zero-order valence-corrected chi connectivity index (χ0v) is 17.8. The SMILES string of the molecule is CC(C)(C)OC(=O)N1CCC2(CC[C@@H](CO)C2=N[S+]([O-])C(C)(C)C)CC1. The van der Waals surface area contributed by atoms with Crippen molar-refractivity contribution in [1.82, 2.24) is 4.90 Å². The number of piperidine rings is 1. The topological polar surface area (TPSA) is 85.2 Å². The molecule has 26 heavy (non-hydrogen) atoms. The van der Waals surface area contributed by atoms with Crippen molar-refractivity contribution in [2.24, 2.45) is 15.7 Å². The summed E-state index contributed by atoms with van der Waals surface area (Å²) in [4.78, 5) is 14.1. The summed E-state index contributed by atoms with van der Waals surface area (Å²) in [6.45, 7) is 12.6. The number of hydrogen-bond acceptors (Lipinski definition) is 5. The molecule has 2 rings (SSSR count). The van der Waals surface area contributed by atoms with Gasteiger partial charge in [0.1, 0.15) is 21.7 Å². The predicted octanol–water partition coefficient (Wildman–Crippen LogP) is 3.31. The van der Waals surface area contributed by atoms with E-state index in [-0.39, 0.29) is 24.0 Å². The number of hydrogen-bond donors (Lipinski definition) is 1. The molecule has 1 unspecified atom stereocenters. The highest BCUT2D eigenvalue weighted by Crippen LogP contribution is 2.47. The lowest BCUT2D eigenvalue weighted by Crippen LogP contribution is -2.47. The van der Waals surface area contributed by atoms with Gasteiger partial charge in [-0.05, 0) is 67.2 Å². The maximum absolute atomic E-state index is 12.6. The van der Waals surface area contributed by atoms with Crippen molar-refractivity contribution in [2.45, 2.75) is 77.6 Å². The van der Waals surface area contributed by atoms with Gasteiger partial charge in [0.05, 0.1) is 12.3 Å². The van der Waals surface area contributed by atoms with Crippen molar-refractivity contribution in [3.63, 3.8) is 0 Å². The fourth-order valence-electron chi connectivity index (χ4n) is 3.67. The number of nitrogens with zero attached hydrogens (tertiary/aromatic N) is 2. The van der Waals surface area contributed by atoms with Crippen molar-refractivity contribution >= 4 is 23.2 Å². The van der Waals surface area contributed by atoms with E-state index in [0.29, 0.717) is 13.1 Å². The molecule has 2 atom stereocenters. The molecule has 1 spiro atoms. The summed E-state index contributed by atoms with van der Waals surface area (Å²) in [5.74, 6) is -0.0191. The molecule has 0 radical (unpaired) electrons. The lowest BCUT2D eigenvalue weighted by molar-refractivity contribution is 0.0156. The van der Waals surface area contributed by atoms with Crippen LogP contribution in [0.2, 0.25) is 0 Å². The average Bonchev–Trinajstić information content (AvgIpc) is 2.83. The molecule has 7 heteroatoms. The molecule has 1 aliphatic carbocycles. The Labute approximate surface area is 160 Å². The Hall–Kier alpha value is -0.790. The van der Waals surface area contributed by atoms with Gasteiger partial charge >= 0.3 is 6.09 Å². The largest absolute Gasteiger partial charge is 0.591 e. The summed E-state index contributed by atoms with van der Waals surface area (Å²) in [5, 5.41) is 9.77. The fraction of sp³-hybridized carbons (Fsp3) is 0.895. The third kappa shape index (κ3) is 4.93. The number of carbonyl (C=O) groups excluding carboxylic acids is 1. The van der Waals surface area contributed by atoms with Gasteiger partial charge in [-0.15, -0.1) is 0 Å². The number of likely N-dealkylation sites (tertiary alicyclic amines) is 1. The molecule has 1 amide bonds. The summed E-state index contributed by atoms with van der Waals surface area (Å²) < 4.78 is 22.2. The Kier molecular flexibility index (Phi) is 6.35. The van der Waals surface area contributed by atoms with E-state index in [1.807, 2.05) is 41.5 Å². The molecule has 0 bridgehead atoms. The maximum atomic E-state index is 12.6. The molecule has 6 nitrogen and oxygen atoms in total. The Balaban J connectivity index is 2.14. The van der Waals surface area contributed by atoms with Crippen LogP contribution in [0.4, 0.5) is 4.79 Å². The van der Waals surface area contributed by atoms with Gasteiger partial charge in [-0.2, -0.15) is 0 Å². The number of carbonyl (C=O) groups is 1. The molecule has 1 heterocycles. The second kappa shape index (κ2) is 7.68. The van der Waals surface area contributed by atoms with E-state index >= 15 is 0 Å². The zero-order chi connectivity index (χ0) is 19.8. The second-order valence-electron chi connectivity index (χ2n) is 9.50. The molecule has 0 aromatic heterocycles. The summed E-state index contributed by atoms with van der Waals surface area (Å²) >= 11 is -1.34. The summed E-state index contributed by atoms with van der Waals surface area (Å²) in [6.07, 6.45) is 3.08. The Bertz CT molecular complexity index is 543. The minimum atomic E-state index is -1.34. The van der Waals surface area contributed by atoms with Crippen molar-refractivity contribution in [3.8, 4) is 0 Å². The number of rotatable bonds is 2. The molecule has 0 aromatic carbocycles. The Morgan fingerprint density at radius 1 is 1.27 bits per heavy atom. The summed E-state index contributed by atoms with van der Waals surface area (Å²) in [7, 11) is 0. The molecule has 2 fully saturated rings. The molecule has 150 valence electrons. The van der Waals surface area contributed by atoms with Crippen LogP contribution in [0, 0.1) is 11.3 Å². The number of amides is 1. The quantitative estimate of drug-likeness (QED) is 0.738. The summed E-state index contributed by atoms with van der Waals surface area (Å²) in [6, 6.07) is 0. The molecular weight excluding hydrogens is 352 g/mol. The molecule has 0 aromatic rings. The monoisotopic (exact) mass is 386 g/mol. The highest BCUT2D eigenvalue weighted by molar-refractivity contribution is 7.91. The molecule has 1 aliphatic heterocycles. The van der Waals surface area contributed by atoms with Crippen LogP contribution in [0.15, 0.2) is 4.40 Å². The van der Waals surface area contributed by atoms with E-state index in [9.17, 15) is 14.5 Å². The van der Waals surface area contributed by atoms with Crippen molar-refractivity contribution in [1.29, 1.82) is 0 Å². The van der Waals surface area contributed by atoms with Crippen LogP contribution in [-0.2, 0) is 16.1 Å². The van der Waals surface area contributed by atoms with Crippen molar-refractivity contribution < 1.29 is 19.2 Å². The molecule has 1 saturated heterocycles. The van der Waals surface area contributed by atoms with Crippen LogP contribution in [-0.4, -0.2) is 56.4 Å². The standard InChI is InChI=1S/C19H34N2O4S/c1-17(2,3)25-16(23)21-11-9-19(10-12-21)8-7-14(13-22)15(19)20-26(24)18(4,5)6/h14,22H,7-13H2,1-6H3/t14-,26?/m0/s1. The van der Waals surface area contributed by atoms with Gasteiger partial charge in [0.25, 0.3) is 0 Å². The number of aliphatic hydroxyl groups excluding tert-OH is 1. The van der Waals surface area contributed by atoms with E-state index in [4.69, 9.17) is 4.74 Å². The highest BCUT2D eigenvalue weighted by atomic mass is 32.2. The van der Waals surface area contributed by atoms with Gasteiger partial charge in [-0.25, -0.2) is 4.79 Å². The molecule has 2 aliphatic rings. The number of ether oxygens (including phenoxy) is 1.